The SMILES string of the molecule is COc1ccc(C(O)C(NC=O)C(=O)O)c(OC)c1. The zero-order valence-corrected chi connectivity index (χ0v) is 10.5. The third-order valence-electron chi connectivity index (χ3n) is 2.59. The molecule has 0 saturated carbocycles. The third kappa shape index (κ3) is 3.35. The van der Waals surface area contributed by atoms with Gasteiger partial charge in [-0.25, -0.2) is 4.79 Å². The van der Waals surface area contributed by atoms with E-state index in [0.29, 0.717) is 5.75 Å². The number of benzene rings is 1. The topological polar surface area (TPSA) is 105 Å². The van der Waals surface area contributed by atoms with E-state index in [1.54, 1.807) is 6.07 Å². The summed E-state index contributed by atoms with van der Waals surface area (Å²) >= 11 is 0. The summed E-state index contributed by atoms with van der Waals surface area (Å²) < 4.78 is 10.1. The standard InChI is InChI=1S/C12H15NO6/c1-18-7-3-4-8(9(5-7)19-2)11(15)10(12(16)17)13-6-14/h3-6,10-11,15H,1-2H3,(H,13,14)(H,16,17). The maximum absolute atomic E-state index is 11.0. The minimum Gasteiger partial charge on any atom is -0.497 e. The van der Waals surface area contributed by atoms with Crippen LogP contribution in [-0.4, -0.2) is 42.9 Å². The number of carbonyl (C=O) groups excluding carboxylic acids is 1. The zero-order valence-electron chi connectivity index (χ0n) is 10.5. The molecule has 19 heavy (non-hydrogen) atoms. The molecule has 0 aliphatic heterocycles. The van der Waals surface area contributed by atoms with Crippen molar-refractivity contribution in [2.24, 2.45) is 0 Å². The van der Waals surface area contributed by atoms with E-state index in [-0.39, 0.29) is 17.7 Å². The number of rotatable bonds is 7. The van der Waals surface area contributed by atoms with Crippen molar-refractivity contribution in [1.82, 2.24) is 5.32 Å². The lowest BCUT2D eigenvalue weighted by atomic mass is 10.0. The van der Waals surface area contributed by atoms with Crippen molar-refractivity contribution in [3.05, 3.63) is 23.8 Å². The van der Waals surface area contributed by atoms with E-state index in [0.717, 1.165) is 0 Å². The Labute approximate surface area is 109 Å². The number of aliphatic hydroxyl groups is 1. The van der Waals surface area contributed by atoms with Crippen molar-refractivity contribution in [2.45, 2.75) is 12.1 Å². The molecule has 0 bridgehead atoms. The molecule has 0 aliphatic rings. The lowest BCUT2D eigenvalue weighted by Gasteiger charge is -2.21. The maximum Gasteiger partial charge on any atom is 0.329 e. The number of ether oxygens (including phenoxy) is 2. The van der Waals surface area contributed by atoms with E-state index in [1.165, 1.54) is 26.4 Å². The first-order chi connectivity index (χ1) is 9.04. The van der Waals surface area contributed by atoms with E-state index < -0.39 is 18.1 Å². The van der Waals surface area contributed by atoms with Gasteiger partial charge in [-0.15, -0.1) is 0 Å². The Balaban J connectivity index is 3.12. The summed E-state index contributed by atoms with van der Waals surface area (Å²) in [4.78, 5) is 21.4. The van der Waals surface area contributed by atoms with E-state index >= 15 is 0 Å². The second-order valence-electron chi connectivity index (χ2n) is 3.65. The van der Waals surface area contributed by atoms with Crippen LogP contribution in [0.15, 0.2) is 18.2 Å². The first-order valence-electron chi connectivity index (χ1n) is 5.37. The fraction of sp³-hybridized carbons (Fsp3) is 0.333. The van der Waals surface area contributed by atoms with Crippen molar-refractivity contribution < 1.29 is 29.3 Å². The molecule has 3 N–H and O–H groups in total. The molecule has 7 heteroatoms. The molecule has 1 rings (SSSR count). The lowest BCUT2D eigenvalue weighted by Crippen LogP contribution is -2.41. The maximum atomic E-state index is 11.0. The molecule has 1 aromatic rings. The van der Waals surface area contributed by atoms with Crippen LogP contribution in [0.2, 0.25) is 0 Å². The van der Waals surface area contributed by atoms with Gasteiger partial charge in [-0.3, -0.25) is 4.79 Å². The van der Waals surface area contributed by atoms with Crippen LogP contribution in [0.5, 0.6) is 11.5 Å². The van der Waals surface area contributed by atoms with Crippen LogP contribution >= 0.6 is 0 Å². The van der Waals surface area contributed by atoms with Gasteiger partial charge in [-0.2, -0.15) is 0 Å². The number of aliphatic carboxylic acids is 1. The van der Waals surface area contributed by atoms with Crippen molar-refractivity contribution >= 4 is 12.4 Å². The Bertz CT molecular complexity index is 462. The molecular weight excluding hydrogens is 254 g/mol. The number of nitrogens with one attached hydrogen (secondary N) is 1. The minimum atomic E-state index is -1.46. The lowest BCUT2D eigenvalue weighted by molar-refractivity contribution is -0.143. The van der Waals surface area contributed by atoms with Gasteiger partial charge in [0.1, 0.15) is 17.6 Å². The summed E-state index contributed by atoms with van der Waals surface area (Å²) in [5.74, 6) is -0.578. The normalized spacial score (nSPS) is 13.2. The molecule has 104 valence electrons. The Kier molecular flexibility index (Phi) is 5.13. The summed E-state index contributed by atoms with van der Waals surface area (Å²) in [6.07, 6.45) is -1.22. The molecule has 7 nitrogen and oxygen atoms in total. The van der Waals surface area contributed by atoms with E-state index in [2.05, 4.69) is 0 Å². The molecule has 0 aliphatic carbocycles. The molecule has 1 amide bonds. The number of hydrogen-bond donors (Lipinski definition) is 3. The minimum absolute atomic E-state index is 0.220. The molecule has 0 heterocycles. The quantitative estimate of drug-likeness (QED) is 0.599. The monoisotopic (exact) mass is 269 g/mol. The summed E-state index contributed by atoms with van der Waals surface area (Å²) in [6.45, 7) is 0. The summed E-state index contributed by atoms with van der Waals surface area (Å²) in [7, 11) is 2.85. The number of methoxy groups -OCH3 is 2. The molecule has 0 fully saturated rings. The highest BCUT2D eigenvalue weighted by Gasteiger charge is 2.29. The smallest absolute Gasteiger partial charge is 0.329 e. The third-order valence-corrected chi connectivity index (χ3v) is 2.59. The highest BCUT2D eigenvalue weighted by molar-refractivity contribution is 5.77. The first-order valence-corrected chi connectivity index (χ1v) is 5.37. The predicted octanol–water partition coefficient (Wildman–Crippen LogP) is -0.0636. The van der Waals surface area contributed by atoms with Gasteiger partial charge in [0.15, 0.2) is 6.04 Å². The van der Waals surface area contributed by atoms with Crippen molar-refractivity contribution in [2.75, 3.05) is 14.2 Å². The van der Waals surface area contributed by atoms with Crippen LogP contribution in [-0.2, 0) is 9.59 Å². The molecular formula is C12H15NO6. The van der Waals surface area contributed by atoms with Gasteiger partial charge >= 0.3 is 5.97 Å². The number of amides is 1. The second kappa shape index (κ2) is 6.60. The van der Waals surface area contributed by atoms with Crippen molar-refractivity contribution in [1.29, 1.82) is 0 Å². The fourth-order valence-corrected chi connectivity index (χ4v) is 1.61. The highest BCUT2D eigenvalue weighted by atomic mass is 16.5. The predicted molar refractivity (Wildman–Crippen MR) is 65.1 cm³/mol. The van der Waals surface area contributed by atoms with E-state index in [9.17, 15) is 14.7 Å². The Morgan fingerprint density at radius 1 is 1.37 bits per heavy atom. The zero-order chi connectivity index (χ0) is 14.4. The van der Waals surface area contributed by atoms with Crippen LogP contribution in [0.1, 0.15) is 11.7 Å². The molecule has 0 aromatic heterocycles. The first kappa shape index (κ1) is 14.8. The molecule has 0 spiro atoms. The number of carboxylic acid groups (broad SMARTS) is 1. The summed E-state index contributed by atoms with van der Waals surface area (Å²) in [5.41, 5.74) is 0.241. The van der Waals surface area contributed by atoms with Gasteiger partial charge in [0, 0.05) is 11.6 Å². The summed E-state index contributed by atoms with van der Waals surface area (Å²) in [5, 5.41) is 21.0. The second-order valence-corrected chi connectivity index (χ2v) is 3.65. The average molecular weight is 269 g/mol. The Hall–Kier alpha value is -2.28. The van der Waals surface area contributed by atoms with Gasteiger partial charge in [0.05, 0.1) is 14.2 Å². The number of hydrogen-bond acceptors (Lipinski definition) is 5. The van der Waals surface area contributed by atoms with Crippen LogP contribution in [0.3, 0.4) is 0 Å². The fourth-order valence-electron chi connectivity index (χ4n) is 1.61. The van der Waals surface area contributed by atoms with Gasteiger partial charge in [0.2, 0.25) is 6.41 Å². The Morgan fingerprint density at radius 2 is 2.05 bits per heavy atom. The Morgan fingerprint density at radius 3 is 2.53 bits per heavy atom. The molecule has 1 aromatic carbocycles. The van der Waals surface area contributed by atoms with Crippen LogP contribution in [0, 0.1) is 0 Å². The van der Waals surface area contributed by atoms with Crippen LogP contribution < -0.4 is 14.8 Å². The molecule has 0 radical (unpaired) electrons. The van der Waals surface area contributed by atoms with Crippen LogP contribution in [0.4, 0.5) is 0 Å². The van der Waals surface area contributed by atoms with Gasteiger partial charge in [0.25, 0.3) is 0 Å². The van der Waals surface area contributed by atoms with E-state index in [4.69, 9.17) is 14.6 Å². The molecule has 2 atom stereocenters. The van der Waals surface area contributed by atoms with Gasteiger partial charge in [-0.05, 0) is 12.1 Å². The number of carboxylic acids is 1. The van der Waals surface area contributed by atoms with E-state index in [1.807, 2.05) is 5.32 Å². The van der Waals surface area contributed by atoms with Crippen molar-refractivity contribution in [3.8, 4) is 11.5 Å². The number of aliphatic hydroxyl groups excluding tert-OH is 1. The highest BCUT2D eigenvalue weighted by Crippen LogP contribution is 2.31. The number of carbonyl (C=O) groups is 2. The van der Waals surface area contributed by atoms with Crippen molar-refractivity contribution in [3.63, 3.8) is 0 Å². The average Bonchev–Trinajstić information content (AvgIpc) is 2.42. The van der Waals surface area contributed by atoms with Crippen LogP contribution in [0.25, 0.3) is 0 Å². The summed E-state index contributed by atoms with van der Waals surface area (Å²) in [6, 6.07) is 3.09. The molecule has 0 saturated heterocycles. The largest absolute Gasteiger partial charge is 0.497 e. The van der Waals surface area contributed by atoms with Gasteiger partial charge in [-0.1, -0.05) is 0 Å². The molecule has 2 unspecified atom stereocenters. The van der Waals surface area contributed by atoms with Gasteiger partial charge < -0.3 is 25.0 Å².